The van der Waals surface area contributed by atoms with Crippen molar-refractivity contribution in [3.63, 3.8) is 0 Å². The summed E-state index contributed by atoms with van der Waals surface area (Å²) < 4.78 is 23.6. The second-order valence-electron chi connectivity index (χ2n) is 20.7. The van der Waals surface area contributed by atoms with E-state index in [2.05, 4.69) is 10.6 Å². The molecule has 20 heteroatoms. The average molecular weight is 1040 g/mol. The third kappa shape index (κ3) is 21.1. The number of aliphatic hydroxyl groups is 10. The van der Waals surface area contributed by atoms with Gasteiger partial charge in [0.2, 0.25) is 5.91 Å². The summed E-state index contributed by atoms with van der Waals surface area (Å²) in [6.45, 7) is 10.4. The van der Waals surface area contributed by atoms with Crippen LogP contribution in [-0.4, -0.2) is 185 Å². The topological polar surface area (TPSA) is 335 Å². The van der Waals surface area contributed by atoms with Crippen molar-refractivity contribution >= 4 is 17.8 Å². The van der Waals surface area contributed by atoms with Crippen LogP contribution in [0.4, 0.5) is 0 Å². The van der Waals surface area contributed by atoms with E-state index < -0.39 is 152 Å². The SMILES string of the molecule is CNCC(C)(C)C(=O)N[C@@H]1[C@H](O)[C@@H](O[C@H]2/C=C/C=C/C=C/C=C/CC/C=C/C=C/[C@H](C)[C@@H](O)[C@@H](C)[C@H](C)OC(=O)C[C@H](O)C[C@H](O)C[C@H](O)CC[C@@H](O)[C@H](O)C[C@]3(O)C[C@H](O)[C@@H](C(=O)O)[C@H](C2)O3)O[C@H](C)[C@H]1O. The summed E-state index contributed by atoms with van der Waals surface area (Å²) >= 11 is 0. The standard InChI is InChI=1S/C53H86N2O18/c1-31-20-18-16-14-12-10-8-9-11-13-15-17-19-21-38(72-50-48(65)45(47(64)34(4)71-50)55-51(68)52(5,6)30-54-7)27-42-44(49(66)67)41(61)29-53(69,73-42)28-40(60)39(59)23-22-35(56)24-36(57)25-37(58)26-43(62)70-33(3)32(2)46(31)63/h8-9,11,13-21,31-42,44-48,50,54,56-61,63-65,69H,10,12,22-30H2,1-7H3,(H,55,68)(H,66,67)/b9-8+,13-11+,16-14+,17-15+,20-18+,21-19+/t31-,32-,33-,34+,35+,36+,37+,38-,39+,40+,41-,42-,44+,45-,46+,47+,48-,50+,53+/m0/s1. The number of allylic oxidation sites excluding steroid dienone is 10. The van der Waals surface area contributed by atoms with Gasteiger partial charge in [-0.3, -0.25) is 14.4 Å². The van der Waals surface area contributed by atoms with Crippen LogP contribution in [0.25, 0.3) is 0 Å². The molecule has 20 nitrogen and oxygen atoms in total. The van der Waals surface area contributed by atoms with E-state index in [-0.39, 0.29) is 44.6 Å². The maximum Gasteiger partial charge on any atom is 0.311 e. The minimum atomic E-state index is -2.40. The Balaban J connectivity index is 1.91. The monoisotopic (exact) mass is 1040 g/mol. The summed E-state index contributed by atoms with van der Waals surface area (Å²) in [5.74, 6) is -7.46. The third-order valence-electron chi connectivity index (χ3n) is 13.7. The Morgan fingerprint density at radius 2 is 1.32 bits per heavy atom. The van der Waals surface area contributed by atoms with Gasteiger partial charge in [0, 0.05) is 37.6 Å². The highest BCUT2D eigenvalue weighted by Crippen LogP contribution is 2.38. The number of esters is 1. The maximum atomic E-state index is 13.3. The molecule has 0 aromatic carbocycles. The third-order valence-corrected chi connectivity index (χ3v) is 13.7. The lowest BCUT2D eigenvalue weighted by Crippen LogP contribution is -2.65. The Hall–Kier alpha value is -3.71. The van der Waals surface area contributed by atoms with Gasteiger partial charge in [0.15, 0.2) is 12.1 Å². The van der Waals surface area contributed by atoms with Gasteiger partial charge in [0.1, 0.15) is 24.2 Å². The summed E-state index contributed by atoms with van der Waals surface area (Å²) in [6.07, 6.45) is 1.04. The Morgan fingerprint density at radius 3 is 1.96 bits per heavy atom. The predicted molar refractivity (Wildman–Crippen MR) is 269 cm³/mol. The molecular weight excluding hydrogens is 953 g/mol. The largest absolute Gasteiger partial charge is 0.481 e. The number of carbonyl (C=O) groups is 3. The zero-order valence-electron chi connectivity index (χ0n) is 43.4. The molecule has 416 valence electrons. The van der Waals surface area contributed by atoms with Crippen molar-refractivity contribution in [1.82, 2.24) is 10.6 Å². The van der Waals surface area contributed by atoms with Gasteiger partial charge in [0.25, 0.3) is 0 Å². The molecule has 2 saturated heterocycles. The fourth-order valence-corrected chi connectivity index (χ4v) is 9.12. The molecule has 0 aromatic heterocycles. The second-order valence-corrected chi connectivity index (χ2v) is 20.7. The van der Waals surface area contributed by atoms with Crippen LogP contribution in [0, 0.1) is 23.2 Å². The van der Waals surface area contributed by atoms with Crippen LogP contribution >= 0.6 is 0 Å². The maximum absolute atomic E-state index is 13.3. The molecule has 0 spiro atoms. The zero-order valence-corrected chi connectivity index (χ0v) is 43.4. The summed E-state index contributed by atoms with van der Waals surface area (Å²) in [7, 11) is 1.68. The molecule has 0 aliphatic carbocycles. The number of nitrogens with one attached hydrogen (secondary N) is 2. The molecule has 19 atom stereocenters. The van der Waals surface area contributed by atoms with Crippen LogP contribution in [0.15, 0.2) is 72.9 Å². The van der Waals surface area contributed by atoms with E-state index in [4.69, 9.17) is 18.9 Å². The molecule has 2 fully saturated rings. The van der Waals surface area contributed by atoms with E-state index >= 15 is 0 Å². The highest BCUT2D eigenvalue weighted by Gasteiger charge is 2.52. The fraction of sp³-hybridized carbons (Fsp3) is 0.717. The van der Waals surface area contributed by atoms with Crippen molar-refractivity contribution in [2.45, 2.75) is 203 Å². The molecule has 2 bridgehead atoms. The van der Waals surface area contributed by atoms with Gasteiger partial charge < -0.3 is 85.8 Å². The number of carboxylic acid groups (broad SMARTS) is 1. The Kier molecular flexibility index (Phi) is 26.8. The second kappa shape index (κ2) is 30.7. The Morgan fingerprint density at radius 1 is 0.726 bits per heavy atom. The first-order valence-electron chi connectivity index (χ1n) is 25.5. The highest BCUT2D eigenvalue weighted by molar-refractivity contribution is 5.82. The van der Waals surface area contributed by atoms with Crippen LogP contribution in [-0.2, 0) is 33.3 Å². The van der Waals surface area contributed by atoms with E-state index in [1.165, 1.54) is 13.0 Å². The quantitative estimate of drug-likeness (QED) is 0.160. The van der Waals surface area contributed by atoms with Gasteiger partial charge in [0.05, 0.1) is 78.9 Å². The van der Waals surface area contributed by atoms with Crippen LogP contribution in [0.2, 0.25) is 0 Å². The van der Waals surface area contributed by atoms with E-state index in [1.807, 2.05) is 43.4 Å². The lowest BCUT2D eigenvalue weighted by molar-refractivity contribution is -0.310. The molecule has 3 rings (SSSR count). The molecule has 3 heterocycles. The van der Waals surface area contributed by atoms with Crippen molar-refractivity contribution in [2.75, 3.05) is 13.6 Å². The van der Waals surface area contributed by atoms with E-state index in [1.54, 1.807) is 65.1 Å². The number of hydrogen-bond acceptors (Lipinski definition) is 18. The Bertz CT molecular complexity index is 1870. The van der Waals surface area contributed by atoms with Crippen LogP contribution < -0.4 is 10.6 Å². The minimum Gasteiger partial charge on any atom is -0.481 e. The van der Waals surface area contributed by atoms with Gasteiger partial charge in [-0.15, -0.1) is 0 Å². The molecule has 73 heavy (non-hydrogen) atoms. The summed E-state index contributed by atoms with van der Waals surface area (Å²) in [4.78, 5) is 38.7. The number of ether oxygens (including phenoxy) is 4. The zero-order chi connectivity index (χ0) is 54.6. The number of aliphatic hydroxyl groups excluding tert-OH is 9. The number of carboxylic acids is 1. The molecule has 0 saturated carbocycles. The van der Waals surface area contributed by atoms with Crippen LogP contribution in [0.1, 0.15) is 106 Å². The van der Waals surface area contributed by atoms with Crippen molar-refractivity contribution in [3.05, 3.63) is 72.9 Å². The number of carbonyl (C=O) groups excluding carboxylic acids is 2. The summed E-state index contributed by atoms with van der Waals surface area (Å²) in [5.41, 5.74) is -0.946. The van der Waals surface area contributed by atoms with Gasteiger partial charge in [-0.05, 0) is 73.3 Å². The van der Waals surface area contributed by atoms with Gasteiger partial charge in [-0.1, -0.05) is 86.8 Å². The first-order chi connectivity index (χ1) is 34.3. The highest BCUT2D eigenvalue weighted by atomic mass is 16.7. The molecule has 1 amide bonds. The lowest BCUT2D eigenvalue weighted by atomic mass is 9.82. The van der Waals surface area contributed by atoms with Gasteiger partial charge in [-0.25, -0.2) is 0 Å². The first-order valence-corrected chi connectivity index (χ1v) is 25.5. The summed E-state index contributed by atoms with van der Waals surface area (Å²) in [6, 6.07) is -1.26. The smallest absolute Gasteiger partial charge is 0.311 e. The summed E-state index contributed by atoms with van der Waals surface area (Å²) in [5, 5.41) is 126. The molecular formula is C53H86N2O18. The predicted octanol–water partition coefficient (Wildman–Crippen LogP) is 1.34. The van der Waals surface area contributed by atoms with Crippen molar-refractivity contribution in [2.24, 2.45) is 23.2 Å². The number of amides is 1. The van der Waals surface area contributed by atoms with E-state index in [9.17, 15) is 70.6 Å². The number of cyclic esters (lactones) is 1. The molecule has 3 aliphatic rings. The minimum absolute atomic E-state index is 0.157. The van der Waals surface area contributed by atoms with Crippen molar-refractivity contribution in [1.29, 1.82) is 0 Å². The van der Waals surface area contributed by atoms with E-state index in [0.29, 0.717) is 0 Å². The normalized spacial score (nSPS) is 41.7. The number of fused-ring (bicyclic) bond motifs is 2. The average Bonchev–Trinajstić information content (AvgIpc) is 3.29. The van der Waals surface area contributed by atoms with Gasteiger partial charge >= 0.3 is 11.9 Å². The molecule has 3 aliphatic heterocycles. The van der Waals surface area contributed by atoms with Gasteiger partial charge in [-0.2, -0.15) is 0 Å². The molecule has 0 radical (unpaired) electrons. The van der Waals surface area contributed by atoms with Crippen LogP contribution in [0.3, 0.4) is 0 Å². The number of aliphatic carboxylic acids is 1. The molecule has 13 N–H and O–H groups in total. The Labute approximate surface area is 429 Å². The van der Waals surface area contributed by atoms with Crippen molar-refractivity contribution < 1.29 is 89.5 Å². The fourth-order valence-electron chi connectivity index (χ4n) is 9.12. The van der Waals surface area contributed by atoms with Crippen LogP contribution in [0.5, 0.6) is 0 Å². The lowest BCUT2D eigenvalue weighted by Gasteiger charge is -2.46. The molecule has 0 aromatic rings. The number of rotatable bonds is 7. The first kappa shape index (κ1) is 63.6. The van der Waals surface area contributed by atoms with E-state index in [0.717, 1.165) is 12.8 Å². The number of hydrogen-bond donors (Lipinski definition) is 13. The van der Waals surface area contributed by atoms with Crippen molar-refractivity contribution in [3.8, 4) is 0 Å². The molecule has 0 unspecified atom stereocenters.